The third kappa shape index (κ3) is 2.42. The van der Waals surface area contributed by atoms with Crippen molar-refractivity contribution in [3.8, 4) is 11.4 Å². The lowest BCUT2D eigenvalue weighted by atomic mass is 10.2. The van der Waals surface area contributed by atoms with Crippen molar-refractivity contribution in [2.45, 2.75) is 13.0 Å². The molecule has 0 radical (unpaired) electrons. The highest BCUT2D eigenvalue weighted by molar-refractivity contribution is 7.80. The minimum Gasteiger partial charge on any atom is -0.331 e. The van der Waals surface area contributed by atoms with Gasteiger partial charge in [0.25, 0.3) is 0 Å². The average molecular weight is 218 g/mol. The lowest BCUT2D eigenvalue weighted by Crippen LogP contribution is -1.99. The summed E-state index contributed by atoms with van der Waals surface area (Å²) >= 11 is 4.22. The van der Waals surface area contributed by atoms with Crippen LogP contribution in [0.25, 0.3) is 11.4 Å². The second kappa shape index (κ2) is 5.03. The molecule has 0 aliphatic heterocycles. The molecule has 1 aromatic carbocycles. The predicted molar refractivity (Wildman–Crippen MR) is 66.1 cm³/mol. The molecule has 2 aromatic rings. The summed E-state index contributed by atoms with van der Waals surface area (Å²) in [6.07, 6.45) is 4.94. The van der Waals surface area contributed by atoms with Crippen LogP contribution in [0, 0.1) is 0 Å². The van der Waals surface area contributed by atoms with Gasteiger partial charge in [0.15, 0.2) is 0 Å². The van der Waals surface area contributed by atoms with Gasteiger partial charge in [-0.15, -0.1) is 0 Å². The van der Waals surface area contributed by atoms with Gasteiger partial charge < -0.3 is 4.57 Å². The predicted octanol–water partition coefficient (Wildman–Crippen LogP) is 2.87. The highest BCUT2D eigenvalue weighted by Crippen LogP contribution is 2.16. The van der Waals surface area contributed by atoms with E-state index in [1.807, 2.05) is 30.6 Å². The lowest BCUT2D eigenvalue weighted by Gasteiger charge is -2.06. The van der Waals surface area contributed by atoms with Crippen molar-refractivity contribution in [1.82, 2.24) is 9.55 Å². The highest BCUT2D eigenvalue weighted by Gasteiger charge is 2.03. The molecular formula is C12H14N2S. The van der Waals surface area contributed by atoms with Gasteiger partial charge in [-0.25, -0.2) is 4.98 Å². The molecule has 78 valence electrons. The number of nitrogens with zero attached hydrogens (tertiary/aromatic N) is 2. The number of hydrogen-bond donors (Lipinski definition) is 1. The van der Waals surface area contributed by atoms with Crippen molar-refractivity contribution in [2.24, 2.45) is 0 Å². The molecule has 15 heavy (non-hydrogen) atoms. The fourth-order valence-corrected chi connectivity index (χ4v) is 1.72. The number of benzene rings is 1. The number of hydrogen-bond acceptors (Lipinski definition) is 2. The molecule has 2 rings (SSSR count). The molecule has 0 unspecified atom stereocenters. The van der Waals surface area contributed by atoms with Gasteiger partial charge >= 0.3 is 0 Å². The monoisotopic (exact) mass is 218 g/mol. The van der Waals surface area contributed by atoms with E-state index in [1.165, 1.54) is 5.56 Å². The molecule has 0 amide bonds. The van der Waals surface area contributed by atoms with Crippen LogP contribution in [0.5, 0.6) is 0 Å². The van der Waals surface area contributed by atoms with Gasteiger partial charge in [0.2, 0.25) is 0 Å². The first kappa shape index (κ1) is 10.3. The third-order valence-corrected chi connectivity index (χ3v) is 2.62. The zero-order valence-corrected chi connectivity index (χ0v) is 9.40. The molecule has 2 nitrogen and oxygen atoms in total. The molecular weight excluding hydrogens is 204 g/mol. The van der Waals surface area contributed by atoms with Crippen molar-refractivity contribution in [1.29, 1.82) is 0 Å². The zero-order chi connectivity index (χ0) is 10.5. The van der Waals surface area contributed by atoms with E-state index in [1.54, 1.807) is 0 Å². The van der Waals surface area contributed by atoms with Gasteiger partial charge in [-0.2, -0.15) is 12.6 Å². The van der Waals surface area contributed by atoms with Crippen LogP contribution < -0.4 is 0 Å². The van der Waals surface area contributed by atoms with Gasteiger partial charge in [-0.3, -0.25) is 0 Å². The number of aromatic nitrogens is 2. The maximum atomic E-state index is 4.38. The average Bonchev–Trinajstić information content (AvgIpc) is 2.75. The maximum absolute atomic E-state index is 4.38. The molecule has 0 bridgehead atoms. The first-order valence-electron chi connectivity index (χ1n) is 5.09. The molecule has 0 aliphatic carbocycles. The summed E-state index contributed by atoms with van der Waals surface area (Å²) in [5.74, 6) is 1.95. The van der Waals surface area contributed by atoms with Gasteiger partial charge in [0.05, 0.1) is 0 Å². The Balaban J connectivity index is 2.25. The molecule has 0 saturated carbocycles. The number of thiol groups is 1. The van der Waals surface area contributed by atoms with Crippen LogP contribution in [0.3, 0.4) is 0 Å². The third-order valence-electron chi connectivity index (χ3n) is 2.30. The Morgan fingerprint density at radius 3 is 2.73 bits per heavy atom. The first-order valence-corrected chi connectivity index (χ1v) is 5.72. The number of rotatable bonds is 4. The highest BCUT2D eigenvalue weighted by atomic mass is 32.1. The fraction of sp³-hybridized carbons (Fsp3) is 0.250. The summed E-state index contributed by atoms with van der Waals surface area (Å²) in [4.78, 5) is 4.38. The van der Waals surface area contributed by atoms with Crippen molar-refractivity contribution in [3.63, 3.8) is 0 Å². The Kier molecular flexibility index (Phi) is 3.45. The summed E-state index contributed by atoms with van der Waals surface area (Å²) in [5.41, 5.74) is 1.17. The molecule has 1 heterocycles. The Hall–Kier alpha value is -1.22. The summed E-state index contributed by atoms with van der Waals surface area (Å²) < 4.78 is 2.17. The molecule has 0 fully saturated rings. The molecule has 1 aromatic heterocycles. The van der Waals surface area contributed by atoms with E-state index in [-0.39, 0.29) is 0 Å². The normalized spacial score (nSPS) is 10.5. The Morgan fingerprint density at radius 2 is 2.00 bits per heavy atom. The first-order chi connectivity index (χ1) is 7.42. The van der Waals surface area contributed by atoms with Crippen molar-refractivity contribution < 1.29 is 0 Å². The Morgan fingerprint density at radius 1 is 1.20 bits per heavy atom. The lowest BCUT2D eigenvalue weighted by molar-refractivity contribution is 0.691. The zero-order valence-electron chi connectivity index (χ0n) is 8.50. The summed E-state index contributed by atoms with van der Waals surface area (Å²) in [6, 6.07) is 10.3. The van der Waals surface area contributed by atoms with E-state index in [0.717, 1.165) is 24.5 Å². The van der Waals surface area contributed by atoms with Crippen molar-refractivity contribution in [3.05, 3.63) is 42.7 Å². The van der Waals surface area contributed by atoms with Crippen molar-refractivity contribution >= 4 is 12.6 Å². The second-order valence-electron chi connectivity index (χ2n) is 3.39. The molecule has 0 atom stereocenters. The molecule has 3 heteroatoms. The molecule has 0 N–H and O–H groups in total. The van der Waals surface area contributed by atoms with Crippen LogP contribution in [0.2, 0.25) is 0 Å². The SMILES string of the molecule is SCCCn1ccnc1-c1ccccc1. The summed E-state index contributed by atoms with van der Waals surface area (Å²) in [6.45, 7) is 0.980. The molecule has 0 aliphatic rings. The molecule has 0 spiro atoms. The Bertz CT molecular complexity index is 409. The van der Waals surface area contributed by atoms with Crippen LogP contribution in [0.1, 0.15) is 6.42 Å². The van der Waals surface area contributed by atoms with Gasteiger partial charge in [-0.05, 0) is 12.2 Å². The van der Waals surface area contributed by atoms with Gasteiger partial charge in [-0.1, -0.05) is 30.3 Å². The number of aryl methyl sites for hydroxylation is 1. The van der Waals surface area contributed by atoms with Gasteiger partial charge in [0, 0.05) is 24.5 Å². The maximum Gasteiger partial charge on any atom is 0.139 e. The fourth-order valence-electron chi connectivity index (χ4n) is 1.58. The Labute approximate surface area is 95.4 Å². The number of imidazole rings is 1. The smallest absolute Gasteiger partial charge is 0.139 e. The van der Waals surface area contributed by atoms with Crippen molar-refractivity contribution in [2.75, 3.05) is 5.75 Å². The van der Waals surface area contributed by atoms with Crippen LogP contribution in [0.15, 0.2) is 42.7 Å². The summed E-state index contributed by atoms with van der Waals surface area (Å²) in [5, 5.41) is 0. The standard InChI is InChI=1S/C12H14N2S/c15-10-4-8-14-9-7-13-12(14)11-5-2-1-3-6-11/h1-3,5-7,9,15H,4,8,10H2. The summed E-state index contributed by atoms with van der Waals surface area (Å²) in [7, 11) is 0. The van der Waals surface area contributed by atoms with Gasteiger partial charge in [0.1, 0.15) is 5.82 Å². The van der Waals surface area contributed by atoms with E-state index in [2.05, 4.69) is 34.3 Å². The van der Waals surface area contributed by atoms with E-state index in [4.69, 9.17) is 0 Å². The van der Waals surface area contributed by atoms with Crippen LogP contribution >= 0.6 is 12.6 Å². The van der Waals surface area contributed by atoms with E-state index in [9.17, 15) is 0 Å². The van der Waals surface area contributed by atoms with E-state index < -0.39 is 0 Å². The van der Waals surface area contributed by atoms with E-state index >= 15 is 0 Å². The quantitative estimate of drug-likeness (QED) is 0.781. The second-order valence-corrected chi connectivity index (χ2v) is 3.83. The van der Waals surface area contributed by atoms with Crippen LogP contribution in [-0.4, -0.2) is 15.3 Å². The van der Waals surface area contributed by atoms with Crippen LogP contribution in [-0.2, 0) is 6.54 Å². The van der Waals surface area contributed by atoms with Crippen LogP contribution in [0.4, 0.5) is 0 Å². The minimum atomic E-state index is 0.909. The minimum absolute atomic E-state index is 0.909. The molecule has 0 saturated heterocycles. The largest absolute Gasteiger partial charge is 0.331 e. The topological polar surface area (TPSA) is 17.8 Å². The van der Waals surface area contributed by atoms with E-state index in [0.29, 0.717) is 0 Å².